The molecule has 102 valence electrons. The van der Waals surface area contributed by atoms with Crippen LogP contribution < -0.4 is 5.32 Å². The molecule has 2 atom stereocenters. The highest BCUT2D eigenvalue weighted by Crippen LogP contribution is 2.13. The Bertz CT molecular complexity index is 466. The number of sulfone groups is 1. The van der Waals surface area contributed by atoms with Gasteiger partial charge in [-0.2, -0.15) is 0 Å². The van der Waals surface area contributed by atoms with E-state index in [9.17, 15) is 8.42 Å². The highest BCUT2D eigenvalue weighted by molar-refractivity contribution is 7.91. The summed E-state index contributed by atoms with van der Waals surface area (Å²) in [6, 6.07) is 6.66. The van der Waals surface area contributed by atoms with Crippen molar-refractivity contribution in [2.45, 2.75) is 37.8 Å². The van der Waals surface area contributed by atoms with Crippen LogP contribution in [0.15, 0.2) is 29.2 Å². The Balaban J connectivity index is 2.67. The van der Waals surface area contributed by atoms with E-state index in [-0.39, 0.29) is 11.8 Å². The Morgan fingerprint density at radius 2 is 1.78 bits per heavy atom. The number of benzene rings is 1. The number of hydrogen-bond acceptors (Lipinski definition) is 4. The average molecular weight is 271 g/mol. The fraction of sp³-hybridized carbons (Fsp3) is 0.538. The lowest BCUT2D eigenvalue weighted by atomic mass is 10.2. The van der Waals surface area contributed by atoms with E-state index >= 15 is 0 Å². The summed E-state index contributed by atoms with van der Waals surface area (Å²) < 4.78 is 24.2. The Kier molecular flexibility index (Phi) is 5.31. The molecule has 0 unspecified atom stereocenters. The standard InChI is InChI=1S/C13H21NO3S/c1-10-4-6-13(7-5-10)18(16,17)9-11(2)14-8-12(3)15/h4-7,11-12,14-15H,8-9H2,1-3H3/t11-,12+/m1/s1. The van der Waals surface area contributed by atoms with Gasteiger partial charge >= 0.3 is 0 Å². The molecule has 18 heavy (non-hydrogen) atoms. The third-order valence-corrected chi connectivity index (χ3v) is 4.54. The van der Waals surface area contributed by atoms with E-state index in [2.05, 4.69) is 5.32 Å². The van der Waals surface area contributed by atoms with Crippen LogP contribution in [0.1, 0.15) is 19.4 Å². The SMILES string of the molecule is Cc1ccc(S(=O)(=O)C[C@@H](C)NC[C@H](C)O)cc1. The van der Waals surface area contributed by atoms with E-state index in [1.165, 1.54) is 0 Å². The van der Waals surface area contributed by atoms with Gasteiger partial charge < -0.3 is 10.4 Å². The Morgan fingerprint density at radius 3 is 2.28 bits per heavy atom. The number of nitrogens with one attached hydrogen (secondary N) is 1. The van der Waals surface area contributed by atoms with E-state index in [0.29, 0.717) is 11.4 Å². The molecule has 0 amide bonds. The third-order valence-electron chi connectivity index (χ3n) is 2.61. The van der Waals surface area contributed by atoms with Gasteiger partial charge in [0.2, 0.25) is 0 Å². The lowest BCUT2D eigenvalue weighted by Gasteiger charge is -2.15. The molecule has 0 fully saturated rings. The molecule has 0 saturated carbocycles. The van der Waals surface area contributed by atoms with E-state index in [1.807, 2.05) is 6.92 Å². The molecule has 0 radical (unpaired) electrons. The maximum absolute atomic E-state index is 12.1. The van der Waals surface area contributed by atoms with Crippen molar-refractivity contribution < 1.29 is 13.5 Å². The molecule has 0 bridgehead atoms. The second-order valence-electron chi connectivity index (χ2n) is 4.75. The van der Waals surface area contributed by atoms with Crippen molar-refractivity contribution in [3.05, 3.63) is 29.8 Å². The maximum Gasteiger partial charge on any atom is 0.179 e. The molecule has 1 rings (SSSR count). The number of aryl methyl sites for hydroxylation is 1. The summed E-state index contributed by atoms with van der Waals surface area (Å²) in [5.41, 5.74) is 1.04. The van der Waals surface area contributed by atoms with Gasteiger partial charge in [-0.3, -0.25) is 0 Å². The van der Waals surface area contributed by atoms with Crippen LogP contribution in [-0.2, 0) is 9.84 Å². The van der Waals surface area contributed by atoms with Crippen LogP contribution in [0.25, 0.3) is 0 Å². The van der Waals surface area contributed by atoms with Gasteiger partial charge in [-0.15, -0.1) is 0 Å². The normalized spacial score (nSPS) is 15.3. The molecule has 0 aliphatic heterocycles. The molecule has 0 heterocycles. The number of aliphatic hydroxyl groups is 1. The molecule has 0 aliphatic rings. The minimum absolute atomic E-state index is 0.0305. The van der Waals surface area contributed by atoms with Crippen molar-refractivity contribution in [2.75, 3.05) is 12.3 Å². The molecule has 0 saturated heterocycles. The molecule has 1 aromatic rings. The molecule has 0 aliphatic carbocycles. The van der Waals surface area contributed by atoms with Crippen LogP contribution in [-0.4, -0.2) is 38.0 Å². The van der Waals surface area contributed by atoms with E-state index in [4.69, 9.17) is 5.11 Å². The van der Waals surface area contributed by atoms with Crippen molar-refractivity contribution in [3.63, 3.8) is 0 Å². The van der Waals surface area contributed by atoms with Gasteiger partial charge in [-0.25, -0.2) is 8.42 Å². The summed E-state index contributed by atoms with van der Waals surface area (Å²) in [5.74, 6) is 0.0305. The number of hydrogen-bond donors (Lipinski definition) is 2. The van der Waals surface area contributed by atoms with Crippen LogP contribution in [0.2, 0.25) is 0 Å². The van der Waals surface area contributed by atoms with Crippen molar-refractivity contribution in [2.24, 2.45) is 0 Å². The zero-order valence-electron chi connectivity index (χ0n) is 11.1. The van der Waals surface area contributed by atoms with Crippen molar-refractivity contribution in [1.82, 2.24) is 5.32 Å². The summed E-state index contributed by atoms with van der Waals surface area (Å²) in [6.45, 7) is 5.77. The van der Waals surface area contributed by atoms with E-state index < -0.39 is 15.9 Å². The monoisotopic (exact) mass is 271 g/mol. The van der Waals surface area contributed by atoms with Crippen LogP contribution in [0, 0.1) is 6.92 Å². The Hall–Kier alpha value is -0.910. The van der Waals surface area contributed by atoms with Crippen LogP contribution in [0.5, 0.6) is 0 Å². The third kappa shape index (κ3) is 4.76. The van der Waals surface area contributed by atoms with Crippen molar-refractivity contribution in [1.29, 1.82) is 0 Å². The van der Waals surface area contributed by atoms with E-state index in [0.717, 1.165) is 5.56 Å². The summed E-state index contributed by atoms with van der Waals surface area (Å²) in [7, 11) is -3.27. The van der Waals surface area contributed by atoms with Gasteiger partial charge in [0.1, 0.15) is 0 Å². The van der Waals surface area contributed by atoms with Gasteiger partial charge in [-0.1, -0.05) is 17.7 Å². The first-order chi connectivity index (χ1) is 8.31. The second-order valence-corrected chi connectivity index (χ2v) is 6.79. The molecule has 0 spiro atoms. The minimum atomic E-state index is -3.27. The van der Waals surface area contributed by atoms with Gasteiger partial charge in [0, 0.05) is 12.6 Å². The van der Waals surface area contributed by atoms with Crippen molar-refractivity contribution >= 4 is 9.84 Å². The first kappa shape index (κ1) is 15.1. The van der Waals surface area contributed by atoms with Gasteiger partial charge in [0.25, 0.3) is 0 Å². The summed E-state index contributed by atoms with van der Waals surface area (Å²) >= 11 is 0. The van der Waals surface area contributed by atoms with Crippen molar-refractivity contribution in [3.8, 4) is 0 Å². The fourth-order valence-electron chi connectivity index (χ4n) is 1.60. The molecular formula is C13H21NO3S. The quantitative estimate of drug-likeness (QED) is 0.814. The fourth-order valence-corrected chi connectivity index (χ4v) is 3.12. The first-order valence-corrected chi connectivity index (χ1v) is 7.67. The van der Waals surface area contributed by atoms with Crippen LogP contribution in [0.4, 0.5) is 0 Å². The zero-order valence-corrected chi connectivity index (χ0v) is 11.9. The first-order valence-electron chi connectivity index (χ1n) is 6.02. The molecule has 0 aromatic heterocycles. The molecule has 4 nitrogen and oxygen atoms in total. The van der Waals surface area contributed by atoms with Gasteiger partial charge in [0.15, 0.2) is 9.84 Å². The molecule has 1 aromatic carbocycles. The largest absolute Gasteiger partial charge is 0.392 e. The molecule has 5 heteroatoms. The average Bonchev–Trinajstić information content (AvgIpc) is 2.26. The lowest BCUT2D eigenvalue weighted by molar-refractivity contribution is 0.188. The number of rotatable bonds is 6. The topological polar surface area (TPSA) is 66.4 Å². The highest BCUT2D eigenvalue weighted by atomic mass is 32.2. The predicted octanol–water partition coefficient (Wildman–Crippen LogP) is 1.13. The summed E-state index contributed by atoms with van der Waals surface area (Å²) in [4.78, 5) is 0.346. The smallest absolute Gasteiger partial charge is 0.179 e. The van der Waals surface area contributed by atoms with E-state index in [1.54, 1.807) is 38.1 Å². The number of aliphatic hydroxyl groups excluding tert-OH is 1. The summed E-state index contributed by atoms with van der Waals surface area (Å²) in [5, 5.41) is 12.1. The van der Waals surface area contributed by atoms with Crippen LogP contribution >= 0.6 is 0 Å². The van der Waals surface area contributed by atoms with Crippen LogP contribution in [0.3, 0.4) is 0 Å². The maximum atomic E-state index is 12.1. The zero-order chi connectivity index (χ0) is 13.8. The predicted molar refractivity (Wildman–Crippen MR) is 72.4 cm³/mol. The van der Waals surface area contributed by atoms with Gasteiger partial charge in [-0.05, 0) is 32.9 Å². The molecule has 2 N–H and O–H groups in total. The lowest BCUT2D eigenvalue weighted by Crippen LogP contribution is -2.37. The summed E-state index contributed by atoms with van der Waals surface area (Å²) in [6.07, 6.45) is -0.477. The minimum Gasteiger partial charge on any atom is -0.392 e. The second kappa shape index (κ2) is 6.31. The highest BCUT2D eigenvalue weighted by Gasteiger charge is 2.18. The Labute approximate surface area is 109 Å². The Morgan fingerprint density at radius 1 is 1.22 bits per heavy atom. The molecular weight excluding hydrogens is 250 g/mol. The van der Waals surface area contributed by atoms with Gasteiger partial charge in [0.05, 0.1) is 16.8 Å².